The Morgan fingerprint density at radius 3 is 2.68 bits per heavy atom. The van der Waals surface area contributed by atoms with Crippen molar-refractivity contribution in [2.45, 2.75) is 12.3 Å². The Morgan fingerprint density at radius 1 is 1.12 bits per heavy atom. The Morgan fingerprint density at radius 2 is 1.92 bits per heavy atom. The highest BCUT2D eigenvalue weighted by atomic mass is 79.9. The van der Waals surface area contributed by atoms with Gasteiger partial charge in [0, 0.05) is 16.8 Å². The SMILES string of the molecule is O=C1OCC2=C1C(c1cccc(Br)c1)CC(=O)N2c1cccc(F)c1. The smallest absolute Gasteiger partial charge is 0.336 e. The molecule has 1 amide bonds. The number of rotatable bonds is 2. The number of nitrogens with zero attached hydrogens (tertiary/aromatic N) is 1. The molecule has 1 unspecified atom stereocenters. The van der Waals surface area contributed by atoms with Crippen LogP contribution in [0.1, 0.15) is 17.9 Å². The second kappa shape index (κ2) is 6.11. The lowest BCUT2D eigenvalue weighted by molar-refractivity contribution is -0.136. The van der Waals surface area contributed by atoms with Gasteiger partial charge in [-0.3, -0.25) is 9.69 Å². The van der Waals surface area contributed by atoms with Gasteiger partial charge in [-0.15, -0.1) is 0 Å². The monoisotopic (exact) mass is 401 g/mol. The standard InChI is InChI=1S/C19H13BrFNO3/c20-12-4-1-3-11(7-12)15-9-17(23)22(14-6-2-5-13(21)8-14)16-10-25-19(24)18(15)16/h1-8,15H,9-10H2. The zero-order valence-electron chi connectivity index (χ0n) is 13.0. The second-order valence-corrected chi connectivity index (χ2v) is 6.87. The lowest BCUT2D eigenvalue weighted by atomic mass is 9.84. The summed E-state index contributed by atoms with van der Waals surface area (Å²) in [4.78, 5) is 26.5. The first-order valence-electron chi connectivity index (χ1n) is 7.79. The molecule has 2 aromatic carbocycles. The molecule has 0 N–H and O–H groups in total. The van der Waals surface area contributed by atoms with Crippen LogP contribution in [-0.4, -0.2) is 18.5 Å². The average Bonchev–Trinajstić information content (AvgIpc) is 2.96. The van der Waals surface area contributed by atoms with Crippen LogP contribution >= 0.6 is 15.9 Å². The fourth-order valence-corrected chi connectivity index (χ4v) is 3.79. The third-order valence-electron chi connectivity index (χ3n) is 4.43. The molecule has 0 aliphatic carbocycles. The summed E-state index contributed by atoms with van der Waals surface area (Å²) in [6.45, 7) is 0.0148. The Labute approximate surface area is 152 Å². The molecule has 2 aromatic rings. The summed E-state index contributed by atoms with van der Waals surface area (Å²) in [6, 6.07) is 13.3. The van der Waals surface area contributed by atoms with E-state index in [4.69, 9.17) is 4.74 Å². The van der Waals surface area contributed by atoms with E-state index < -0.39 is 11.8 Å². The summed E-state index contributed by atoms with van der Waals surface area (Å²) in [6.07, 6.45) is 0.126. The van der Waals surface area contributed by atoms with Gasteiger partial charge in [-0.2, -0.15) is 0 Å². The molecule has 1 atom stereocenters. The molecule has 0 radical (unpaired) electrons. The molecule has 0 saturated heterocycles. The van der Waals surface area contributed by atoms with Crippen LogP contribution in [0.4, 0.5) is 10.1 Å². The van der Waals surface area contributed by atoms with Gasteiger partial charge in [-0.25, -0.2) is 9.18 Å². The molecule has 6 heteroatoms. The van der Waals surface area contributed by atoms with Gasteiger partial charge in [0.05, 0.1) is 17.0 Å². The number of hydrogen-bond donors (Lipinski definition) is 0. The van der Waals surface area contributed by atoms with Crippen molar-refractivity contribution in [1.82, 2.24) is 0 Å². The maximum atomic E-state index is 13.6. The van der Waals surface area contributed by atoms with E-state index in [1.54, 1.807) is 6.07 Å². The molecule has 0 saturated carbocycles. The lowest BCUT2D eigenvalue weighted by Gasteiger charge is -2.31. The quantitative estimate of drug-likeness (QED) is 0.716. The van der Waals surface area contributed by atoms with E-state index >= 15 is 0 Å². The fraction of sp³-hybridized carbons (Fsp3) is 0.158. The number of hydrogen-bond acceptors (Lipinski definition) is 3. The molecule has 4 rings (SSSR count). The number of carbonyl (C=O) groups excluding carboxylic acids is 2. The Balaban J connectivity index is 1.84. The summed E-state index contributed by atoms with van der Waals surface area (Å²) >= 11 is 3.42. The predicted octanol–water partition coefficient (Wildman–Crippen LogP) is 3.92. The topological polar surface area (TPSA) is 46.6 Å². The summed E-state index contributed by atoms with van der Waals surface area (Å²) < 4.78 is 19.7. The minimum absolute atomic E-state index is 0.0148. The molecule has 25 heavy (non-hydrogen) atoms. The van der Waals surface area contributed by atoms with E-state index in [0.29, 0.717) is 17.0 Å². The Kier molecular flexibility index (Phi) is 3.92. The van der Waals surface area contributed by atoms with Crippen molar-refractivity contribution >= 4 is 33.5 Å². The molecule has 0 fully saturated rings. The van der Waals surface area contributed by atoms with E-state index in [9.17, 15) is 14.0 Å². The number of cyclic esters (lactones) is 1. The highest BCUT2D eigenvalue weighted by Crippen LogP contribution is 2.42. The number of amides is 1. The van der Waals surface area contributed by atoms with E-state index in [2.05, 4.69) is 15.9 Å². The predicted molar refractivity (Wildman–Crippen MR) is 93.4 cm³/mol. The van der Waals surface area contributed by atoms with E-state index in [-0.39, 0.29) is 24.9 Å². The van der Waals surface area contributed by atoms with Crippen LogP contribution in [-0.2, 0) is 14.3 Å². The number of ether oxygens (including phenoxy) is 1. The first kappa shape index (κ1) is 16.0. The van der Waals surface area contributed by atoms with Crippen LogP contribution in [0.5, 0.6) is 0 Å². The van der Waals surface area contributed by atoms with Crippen LogP contribution < -0.4 is 4.90 Å². The molecule has 0 aromatic heterocycles. The van der Waals surface area contributed by atoms with Crippen molar-refractivity contribution in [3.8, 4) is 0 Å². The normalized spacial score (nSPS) is 19.9. The van der Waals surface area contributed by atoms with Crippen LogP contribution in [0.3, 0.4) is 0 Å². The van der Waals surface area contributed by atoms with Gasteiger partial charge in [0.2, 0.25) is 5.91 Å². The fourth-order valence-electron chi connectivity index (χ4n) is 3.38. The summed E-state index contributed by atoms with van der Waals surface area (Å²) in [5, 5.41) is 0. The maximum Gasteiger partial charge on any atom is 0.336 e. The Hall–Kier alpha value is -2.47. The van der Waals surface area contributed by atoms with Crippen molar-refractivity contribution < 1.29 is 18.7 Å². The lowest BCUT2D eigenvalue weighted by Crippen LogP contribution is -2.37. The summed E-state index contributed by atoms with van der Waals surface area (Å²) in [5.41, 5.74) is 2.25. The molecule has 0 spiro atoms. The van der Waals surface area contributed by atoms with Gasteiger partial charge in [0.15, 0.2) is 0 Å². The molecule has 2 heterocycles. The molecule has 4 nitrogen and oxygen atoms in total. The van der Waals surface area contributed by atoms with E-state index in [1.165, 1.54) is 23.1 Å². The Bertz CT molecular complexity index is 924. The molecular weight excluding hydrogens is 389 g/mol. The maximum absolute atomic E-state index is 13.6. The molecule has 2 aliphatic heterocycles. The van der Waals surface area contributed by atoms with Gasteiger partial charge in [0.25, 0.3) is 0 Å². The highest BCUT2D eigenvalue weighted by Gasteiger charge is 2.43. The second-order valence-electron chi connectivity index (χ2n) is 5.96. The van der Waals surface area contributed by atoms with Gasteiger partial charge in [-0.05, 0) is 35.9 Å². The number of benzene rings is 2. The van der Waals surface area contributed by atoms with Crippen molar-refractivity contribution in [3.63, 3.8) is 0 Å². The van der Waals surface area contributed by atoms with Crippen LogP contribution in [0.2, 0.25) is 0 Å². The zero-order chi connectivity index (χ0) is 17.6. The van der Waals surface area contributed by atoms with E-state index in [1.807, 2.05) is 24.3 Å². The van der Waals surface area contributed by atoms with Gasteiger partial charge < -0.3 is 4.74 Å². The van der Waals surface area contributed by atoms with Crippen molar-refractivity contribution in [2.75, 3.05) is 11.5 Å². The largest absolute Gasteiger partial charge is 0.456 e. The third kappa shape index (κ3) is 2.76. The van der Waals surface area contributed by atoms with Crippen LogP contribution in [0, 0.1) is 5.82 Å². The molecular formula is C19H13BrFNO3. The van der Waals surface area contributed by atoms with Crippen LogP contribution in [0.15, 0.2) is 64.3 Å². The first-order chi connectivity index (χ1) is 12.0. The van der Waals surface area contributed by atoms with E-state index in [0.717, 1.165) is 10.0 Å². The molecule has 2 aliphatic rings. The molecule has 0 bridgehead atoms. The number of anilines is 1. The van der Waals surface area contributed by atoms with Crippen molar-refractivity contribution in [3.05, 3.63) is 75.7 Å². The summed E-state index contributed by atoms with van der Waals surface area (Å²) in [7, 11) is 0. The average molecular weight is 402 g/mol. The van der Waals surface area contributed by atoms with Crippen LogP contribution in [0.25, 0.3) is 0 Å². The zero-order valence-corrected chi connectivity index (χ0v) is 14.6. The minimum atomic E-state index is -0.438. The van der Waals surface area contributed by atoms with Crippen molar-refractivity contribution in [2.24, 2.45) is 0 Å². The minimum Gasteiger partial charge on any atom is -0.456 e. The number of carbonyl (C=O) groups is 2. The number of esters is 1. The molecule has 126 valence electrons. The highest BCUT2D eigenvalue weighted by molar-refractivity contribution is 9.10. The first-order valence-corrected chi connectivity index (χ1v) is 8.58. The summed E-state index contributed by atoms with van der Waals surface area (Å²) in [5.74, 6) is -1.41. The van der Waals surface area contributed by atoms with Gasteiger partial charge in [0.1, 0.15) is 12.4 Å². The van der Waals surface area contributed by atoms with Gasteiger partial charge in [-0.1, -0.05) is 34.1 Å². The number of halogens is 2. The third-order valence-corrected chi connectivity index (χ3v) is 4.93. The van der Waals surface area contributed by atoms with Crippen molar-refractivity contribution in [1.29, 1.82) is 0 Å². The van der Waals surface area contributed by atoms with Gasteiger partial charge >= 0.3 is 5.97 Å².